The summed E-state index contributed by atoms with van der Waals surface area (Å²) in [6, 6.07) is 10.6. The number of nitrogens with zero attached hydrogens (tertiary/aromatic N) is 1. The number of nitro groups is 1. The number of non-ortho nitro benzene ring substituents is 1. The minimum Gasteiger partial charge on any atom is -0.383 e. The maximum absolute atomic E-state index is 12.1. The number of carbonyl (C=O) groups is 2. The largest absolute Gasteiger partial charge is 0.383 e. The fraction of sp³-hybridized carbons (Fsp3) is 0.222. The molecule has 0 fully saturated rings. The molecule has 0 saturated carbocycles. The Balaban J connectivity index is 1.88. The number of carbonyl (C=O) groups excluding carboxylic acids is 2. The van der Waals surface area contributed by atoms with E-state index in [1.54, 1.807) is 18.2 Å². The Morgan fingerprint density at radius 1 is 1.21 bits per heavy atom. The molecule has 0 heterocycles. The average Bonchev–Trinajstić information content (AvgIpc) is 2.67. The summed E-state index contributed by atoms with van der Waals surface area (Å²) in [6.45, 7) is 0.758. The number of nitro benzene ring substituents is 1. The van der Waals surface area contributed by atoms with Gasteiger partial charge in [-0.05, 0) is 30.3 Å². The molecule has 2 rings (SSSR count). The predicted molar refractivity (Wildman–Crippen MR) is 108 cm³/mol. The van der Waals surface area contributed by atoms with E-state index in [1.165, 1.54) is 43.1 Å². The maximum Gasteiger partial charge on any atom is 0.269 e. The Morgan fingerprint density at radius 3 is 2.54 bits per heavy atom. The summed E-state index contributed by atoms with van der Waals surface area (Å²) in [5, 5.41) is 16.2. The molecule has 0 atom stereocenters. The van der Waals surface area contributed by atoms with E-state index in [-0.39, 0.29) is 28.3 Å². The van der Waals surface area contributed by atoms with E-state index in [9.17, 15) is 19.7 Å². The molecule has 0 spiro atoms. The van der Waals surface area contributed by atoms with Crippen molar-refractivity contribution in [3.63, 3.8) is 0 Å². The zero-order valence-electron chi connectivity index (χ0n) is 14.9. The predicted octanol–water partition coefficient (Wildman–Crippen LogP) is 3.36. The topological polar surface area (TPSA) is 111 Å². The summed E-state index contributed by atoms with van der Waals surface area (Å²) in [7, 11) is 1.54. The molecule has 0 unspecified atom stereocenters. The molecule has 2 aromatic carbocycles. The van der Waals surface area contributed by atoms with Crippen molar-refractivity contribution in [3.8, 4) is 0 Å². The highest BCUT2D eigenvalue weighted by atomic mass is 35.5. The van der Waals surface area contributed by atoms with Gasteiger partial charge in [0.15, 0.2) is 0 Å². The van der Waals surface area contributed by atoms with E-state index >= 15 is 0 Å². The van der Waals surface area contributed by atoms with Gasteiger partial charge >= 0.3 is 0 Å². The van der Waals surface area contributed by atoms with Crippen LogP contribution < -0.4 is 10.6 Å². The highest BCUT2D eigenvalue weighted by Gasteiger charge is 2.12. The number of anilines is 1. The van der Waals surface area contributed by atoms with Crippen LogP contribution in [-0.4, -0.2) is 42.8 Å². The number of hydrogen-bond acceptors (Lipinski definition) is 6. The fourth-order valence-corrected chi connectivity index (χ4v) is 3.11. The number of rotatable bonds is 9. The number of hydrogen-bond donors (Lipinski definition) is 2. The van der Waals surface area contributed by atoms with Gasteiger partial charge in [-0.2, -0.15) is 0 Å². The molecule has 2 aromatic rings. The summed E-state index contributed by atoms with van der Waals surface area (Å²) < 4.78 is 4.87. The van der Waals surface area contributed by atoms with Gasteiger partial charge in [0, 0.05) is 36.4 Å². The number of thioether (sulfide) groups is 1. The van der Waals surface area contributed by atoms with Gasteiger partial charge < -0.3 is 15.4 Å². The van der Waals surface area contributed by atoms with Gasteiger partial charge in [-0.1, -0.05) is 11.6 Å². The molecular weight excluding hydrogens is 406 g/mol. The third-order valence-corrected chi connectivity index (χ3v) is 4.83. The van der Waals surface area contributed by atoms with Gasteiger partial charge in [-0.15, -0.1) is 11.8 Å². The lowest BCUT2D eigenvalue weighted by Crippen LogP contribution is -2.27. The van der Waals surface area contributed by atoms with Crippen LogP contribution in [0, 0.1) is 10.1 Å². The van der Waals surface area contributed by atoms with Crippen molar-refractivity contribution in [2.24, 2.45) is 0 Å². The quantitative estimate of drug-likeness (QED) is 0.277. The van der Waals surface area contributed by atoms with Gasteiger partial charge in [-0.25, -0.2) is 0 Å². The van der Waals surface area contributed by atoms with Crippen LogP contribution in [0.3, 0.4) is 0 Å². The average molecular weight is 424 g/mol. The summed E-state index contributed by atoms with van der Waals surface area (Å²) in [4.78, 5) is 35.0. The Morgan fingerprint density at radius 2 is 1.93 bits per heavy atom. The lowest BCUT2D eigenvalue weighted by molar-refractivity contribution is -0.384. The maximum atomic E-state index is 12.1. The van der Waals surface area contributed by atoms with Crippen molar-refractivity contribution in [3.05, 3.63) is 63.2 Å². The third-order valence-electron chi connectivity index (χ3n) is 3.51. The van der Waals surface area contributed by atoms with E-state index in [0.29, 0.717) is 24.4 Å². The number of amides is 2. The Hall–Kier alpha value is -2.62. The minimum atomic E-state index is -0.480. The van der Waals surface area contributed by atoms with Crippen molar-refractivity contribution in [1.29, 1.82) is 0 Å². The van der Waals surface area contributed by atoms with Crippen LogP contribution in [0.25, 0.3) is 0 Å². The van der Waals surface area contributed by atoms with Crippen LogP contribution >= 0.6 is 23.4 Å². The molecule has 10 heteroatoms. The van der Waals surface area contributed by atoms with Crippen LogP contribution in [-0.2, 0) is 9.53 Å². The molecule has 0 aromatic heterocycles. The zero-order valence-corrected chi connectivity index (χ0v) is 16.5. The lowest BCUT2D eigenvalue weighted by Gasteiger charge is -2.09. The first kappa shape index (κ1) is 21.7. The van der Waals surface area contributed by atoms with Crippen molar-refractivity contribution in [2.75, 3.05) is 31.3 Å². The molecule has 0 aliphatic carbocycles. The molecule has 0 aliphatic heterocycles. The molecule has 0 radical (unpaired) electrons. The third kappa shape index (κ3) is 6.52. The zero-order chi connectivity index (χ0) is 20.5. The SMILES string of the molecule is COCCNC(=O)c1ccc(NC(=O)CSc2ccc([N+](=O)[O-])cc2)cc1Cl. The summed E-state index contributed by atoms with van der Waals surface area (Å²) in [5.74, 6) is -0.473. The van der Waals surface area contributed by atoms with Crippen LogP contribution in [0.2, 0.25) is 5.02 Å². The van der Waals surface area contributed by atoms with Crippen LogP contribution in [0.4, 0.5) is 11.4 Å². The van der Waals surface area contributed by atoms with Crippen molar-refractivity contribution in [1.82, 2.24) is 5.32 Å². The van der Waals surface area contributed by atoms with Gasteiger partial charge in [0.2, 0.25) is 5.91 Å². The van der Waals surface area contributed by atoms with E-state index in [2.05, 4.69) is 10.6 Å². The van der Waals surface area contributed by atoms with E-state index in [4.69, 9.17) is 16.3 Å². The molecule has 148 valence electrons. The number of methoxy groups -OCH3 is 1. The Kier molecular flexibility index (Phi) is 8.24. The van der Waals surface area contributed by atoms with Gasteiger partial charge in [0.25, 0.3) is 11.6 Å². The molecule has 0 saturated heterocycles. The summed E-state index contributed by atoms with van der Waals surface area (Å²) >= 11 is 7.38. The highest BCUT2D eigenvalue weighted by Crippen LogP contribution is 2.23. The molecule has 2 amide bonds. The van der Waals surface area contributed by atoms with E-state index in [0.717, 1.165) is 4.90 Å². The standard InChI is InChI=1S/C18H18ClN3O5S/c1-27-9-8-20-18(24)15-7-2-12(10-16(15)19)21-17(23)11-28-14-5-3-13(4-6-14)22(25)26/h2-7,10H,8-9,11H2,1H3,(H,20,24)(H,21,23). The van der Waals surface area contributed by atoms with Crippen LogP contribution in [0.15, 0.2) is 47.4 Å². The minimum absolute atomic E-state index is 0.00482. The van der Waals surface area contributed by atoms with Gasteiger partial charge in [-0.3, -0.25) is 19.7 Å². The van der Waals surface area contributed by atoms with Crippen LogP contribution in [0.1, 0.15) is 10.4 Å². The van der Waals surface area contributed by atoms with Crippen molar-refractivity contribution >= 4 is 46.6 Å². The molecule has 0 bridgehead atoms. The summed E-state index contributed by atoms with van der Waals surface area (Å²) in [5.41, 5.74) is 0.763. The first-order valence-electron chi connectivity index (χ1n) is 8.14. The molecule has 2 N–H and O–H groups in total. The first-order valence-corrected chi connectivity index (χ1v) is 9.51. The molecular formula is C18H18ClN3O5S. The number of halogens is 1. The second-order valence-electron chi connectivity index (χ2n) is 5.53. The summed E-state index contributed by atoms with van der Waals surface area (Å²) in [6.07, 6.45) is 0. The number of nitrogens with one attached hydrogen (secondary N) is 2. The number of benzene rings is 2. The molecule has 28 heavy (non-hydrogen) atoms. The highest BCUT2D eigenvalue weighted by molar-refractivity contribution is 8.00. The fourth-order valence-electron chi connectivity index (χ4n) is 2.15. The lowest BCUT2D eigenvalue weighted by atomic mass is 10.2. The first-order chi connectivity index (χ1) is 13.4. The van der Waals surface area contributed by atoms with Gasteiger partial charge in [0.1, 0.15) is 0 Å². The second-order valence-corrected chi connectivity index (χ2v) is 6.99. The normalized spacial score (nSPS) is 10.4. The number of ether oxygens (including phenoxy) is 1. The Bertz CT molecular complexity index is 861. The van der Waals surface area contributed by atoms with Gasteiger partial charge in [0.05, 0.1) is 27.9 Å². The van der Waals surface area contributed by atoms with Crippen molar-refractivity contribution < 1.29 is 19.2 Å². The monoisotopic (exact) mass is 423 g/mol. The molecule has 8 nitrogen and oxygen atoms in total. The Labute approximate surface area is 170 Å². The molecule has 0 aliphatic rings. The smallest absolute Gasteiger partial charge is 0.269 e. The van der Waals surface area contributed by atoms with Crippen LogP contribution in [0.5, 0.6) is 0 Å². The van der Waals surface area contributed by atoms with Crippen molar-refractivity contribution in [2.45, 2.75) is 4.90 Å². The van der Waals surface area contributed by atoms with E-state index in [1.807, 2.05) is 0 Å². The second kappa shape index (κ2) is 10.6. The van der Waals surface area contributed by atoms with E-state index < -0.39 is 4.92 Å².